The number of carboxylic acid groups (broad SMARTS) is 1. The maximum atomic E-state index is 11.7. The summed E-state index contributed by atoms with van der Waals surface area (Å²) in [6.45, 7) is 6.46. The molecule has 0 radical (unpaired) electrons. The lowest BCUT2D eigenvalue weighted by molar-refractivity contribution is -0.143. The third kappa shape index (κ3) is 4.70. The van der Waals surface area contributed by atoms with E-state index in [2.05, 4.69) is 5.32 Å². The van der Waals surface area contributed by atoms with Gasteiger partial charge in [0.2, 0.25) is 5.91 Å². The van der Waals surface area contributed by atoms with Gasteiger partial charge in [-0.1, -0.05) is 13.8 Å². The number of carboxylic acids is 1. The van der Waals surface area contributed by atoms with Crippen molar-refractivity contribution in [3.05, 3.63) is 0 Å². The predicted octanol–water partition coefficient (Wildman–Crippen LogP) is -0.456. The molecule has 1 amide bonds. The Morgan fingerprint density at radius 2 is 1.94 bits per heavy atom. The number of carbonyl (C=O) groups is 2. The van der Waals surface area contributed by atoms with Crippen molar-refractivity contribution in [2.24, 2.45) is 5.92 Å². The molecule has 6 nitrogen and oxygen atoms in total. The van der Waals surface area contributed by atoms with Crippen molar-refractivity contribution >= 4 is 11.9 Å². The van der Waals surface area contributed by atoms with Gasteiger partial charge in [-0.2, -0.15) is 0 Å². The molecule has 1 aliphatic rings. The van der Waals surface area contributed by atoms with E-state index in [1.165, 1.54) is 0 Å². The summed E-state index contributed by atoms with van der Waals surface area (Å²) >= 11 is 0. The Kier molecular flexibility index (Phi) is 5.37. The van der Waals surface area contributed by atoms with Gasteiger partial charge in [0.15, 0.2) is 0 Å². The van der Waals surface area contributed by atoms with Gasteiger partial charge in [0.05, 0.1) is 19.8 Å². The van der Waals surface area contributed by atoms with Crippen molar-refractivity contribution < 1.29 is 19.4 Å². The van der Waals surface area contributed by atoms with Gasteiger partial charge in [-0.15, -0.1) is 0 Å². The highest BCUT2D eigenvalue weighted by Crippen LogP contribution is 2.02. The van der Waals surface area contributed by atoms with Crippen LogP contribution in [0.3, 0.4) is 0 Å². The van der Waals surface area contributed by atoms with Crippen molar-refractivity contribution in [2.75, 3.05) is 32.8 Å². The standard InChI is InChI=1S/C11H20N2O4/c1-8(2)10(11(15)16)12-9(14)7-13-3-5-17-6-4-13/h8,10H,3-7H2,1-2H3,(H,12,14)(H,15,16)/t10-/m0/s1. The Hall–Kier alpha value is -1.14. The molecule has 98 valence electrons. The number of morpholine rings is 1. The van der Waals surface area contributed by atoms with E-state index in [1.807, 2.05) is 4.90 Å². The maximum absolute atomic E-state index is 11.7. The maximum Gasteiger partial charge on any atom is 0.326 e. The molecule has 6 heteroatoms. The Morgan fingerprint density at radius 1 is 1.35 bits per heavy atom. The van der Waals surface area contributed by atoms with E-state index in [4.69, 9.17) is 9.84 Å². The molecule has 17 heavy (non-hydrogen) atoms. The molecule has 0 unspecified atom stereocenters. The Balaban J connectivity index is 2.38. The first-order chi connectivity index (χ1) is 8.00. The SMILES string of the molecule is CC(C)[C@H](NC(=O)CN1CCOCC1)C(=O)O. The Morgan fingerprint density at radius 3 is 2.41 bits per heavy atom. The number of nitrogens with one attached hydrogen (secondary N) is 1. The fraction of sp³-hybridized carbons (Fsp3) is 0.818. The number of hydrogen-bond donors (Lipinski definition) is 2. The van der Waals surface area contributed by atoms with E-state index in [9.17, 15) is 9.59 Å². The summed E-state index contributed by atoms with van der Waals surface area (Å²) in [6, 6.07) is -0.816. The molecular formula is C11H20N2O4. The molecule has 0 aromatic rings. The first kappa shape index (κ1) is 13.9. The van der Waals surface area contributed by atoms with Crippen LogP contribution in [0, 0.1) is 5.92 Å². The van der Waals surface area contributed by atoms with Gasteiger partial charge in [0, 0.05) is 13.1 Å². The number of carbonyl (C=O) groups excluding carboxylic acids is 1. The normalized spacial score (nSPS) is 19.0. The second-order valence-corrected chi connectivity index (χ2v) is 4.52. The van der Waals surface area contributed by atoms with E-state index in [-0.39, 0.29) is 18.4 Å². The van der Waals surface area contributed by atoms with Crippen LogP contribution in [-0.2, 0) is 14.3 Å². The van der Waals surface area contributed by atoms with Crippen LogP contribution in [0.5, 0.6) is 0 Å². The van der Waals surface area contributed by atoms with Crippen LogP contribution in [0.2, 0.25) is 0 Å². The summed E-state index contributed by atoms with van der Waals surface area (Å²) in [6.07, 6.45) is 0. The number of amides is 1. The number of ether oxygens (including phenoxy) is 1. The van der Waals surface area contributed by atoms with Crippen LogP contribution in [-0.4, -0.2) is 60.8 Å². The smallest absolute Gasteiger partial charge is 0.326 e. The van der Waals surface area contributed by atoms with Crippen molar-refractivity contribution in [1.82, 2.24) is 10.2 Å². The minimum atomic E-state index is -0.990. The van der Waals surface area contributed by atoms with Gasteiger partial charge in [0.25, 0.3) is 0 Å². The topological polar surface area (TPSA) is 78.9 Å². The van der Waals surface area contributed by atoms with Gasteiger partial charge < -0.3 is 15.2 Å². The molecule has 1 atom stereocenters. The molecule has 1 aliphatic heterocycles. The van der Waals surface area contributed by atoms with Gasteiger partial charge in [-0.3, -0.25) is 9.69 Å². The van der Waals surface area contributed by atoms with Crippen LogP contribution in [0.4, 0.5) is 0 Å². The Bertz CT molecular complexity index is 275. The molecule has 0 aliphatic carbocycles. The highest BCUT2D eigenvalue weighted by atomic mass is 16.5. The fourth-order valence-electron chi connectivity index (χ4n) is 1.70. The average Bonchev–Trinajstić information content (AvgIpc) is 2.26. The van der Waals surface area contributed by atoms with E-state index in [0.717, 1.165) is 0 Å². The zero-order valence-corrected chi connectivity index (χ0v) is 10.3. The predicted molar refractivity (Wildman–Crippen MR) is 61.7 cm³/mol. The molecule has 0 aromatic heterocycles. The molecule has 1 rings (SSSR count). The van der Waals surface area contributed by atoms with Crippen molar-refractivity contribution in [1.29, 1.82) is 0 Å². The number of nitrogens with zero attached hydrogens (tertiary/aromatic N) is 1. The van der Waals surface area contributed by atoms with Crippen LogP contribution < -0.4 is 5.32 Å². The number of hydrogen-bond acceptors (Lipinski definition) is 4. The van der Waals surface area contributed by atoms with Gasteiger partial charge >= 0.3 is 5.97 Å². The minimum absolute atomic E-state index is 0.124. The first-order valence-corrected chi connectivity index (χ1v) is 5.83. The molecule has 0 saturated carbocycles. The third-order valence-corrected chi connectivity index (χ3v) is 2.72. The molecular weight excluding hydrogens is 224 g/mol. The molecule has 1 saturated heterocycles. The van der Waals surface area contributed by atoms with Crippen LogP contribution in [0.25, 0.3) is 0 Å². The summed E-state index contributed by atoms with van der Waals surface area (Å²) in [4.78, 5) is 24.6. The molecule has 1 heterocycles. The van der Waals surface area contributed by atoms with Crippen LogP contribution >= 0.6 is 0 Å². The summed E-state index contributed by atoms with van der Waals surface area (Å²) in [7, 11) is 0. The summed E-state index contributed by atoms with van der Waals surface area (Å²) in [5.41, 5.74) is 0. The quantitative estimate of drug-likeness (QED) is 0.684. The average molecular weight is 244 g/mol. The van der Waals surface area contributed by atoms with Gasteiger partial charge in [-0.25, -0.2) is 4.79 Å². The molecule has 0 spiro atoms. The molecule has 0 bridgehead atoms. The van der Waals surface area contributed by atoms with Crippen LogP contribution in [0.1, 0.15) is 13.8 Å². The van der Waals surface area contributed by atoms with Gasteiger partial charge in [0.1, 0.15) is 6.04 Å². The van der Waals surface area contributed by atoms with Crippen molar-refractivity contribution in [2.45, 2.75) is 19.9 Å². The highest BCUT2D eigenvalue weighted by molar-refractivity contribution is 5.84. The fourth-order valence-corrected chi connectivity index (χ4v) is 1.70. The minimum Gasteiger partial charge on any atom is -0.480 e. The number of rotatable bonds is 5. The van der Waals surface area contributed by atoms with Crippen molar-refractivity contribution in [3.63, 3.8) is 0 Å². The number of aliphatic carboxylic acids is 1. The third-order valence-electron chi connectivity index (χ3n) is 2.72. The van der Waals surface area contributed by atoms with E-state index < -0.39 is 12.0 Å². The van der Waals surface area contributed by atoms with Crippen molar-refractivity contribution in [3.8, 4) is 0 Å². The lowest BCUT2D eigenvalue weighted by Gasteiger charge is -2.27. The first-order valence-electron chi connectivity index (χ1n) is 5.83. The molecule has 1 fully saturated rings. The van der Waals surface area contributed by atoms with Gasteiger partial charge in [-0.05, 0) is 5.92 Å². The lowest BCUT2D eigenvalue weighted by Crippen LogP contribution is -2.49. The van der Waals surface area contributed by atoms with Crippen LogP contribution in [0.15, 0.2) is 0 Å². The summed E-state index contributed by atoms with van der Waals surface area (Å²) in [5.74, 6) is -1.36. The summed E-state index contributed by atoms with van der Waals surface area (Å²) in [5, 5.41) is 11.5. The second kappa shape index (κ2) is 6.56. The monoisotopic (exact) mass is 244 g/mol. The van der Waals surface area contributed by atoms with E-state index in [0.29, 0.717) is 26.3 Å². The molecule has 0 aromatic carbocycles. The second-order valence-electron chi connectivity index (χ2n) is 4.52. The highest BCUT2D eigenvalue weighted by Gasteiger charge is 2.24. The lowest BCUT2D eigenvalue weighted by atomic mass is 10.0. The Labute approximate surface area is 101 Å². The zero-order chi connectivity index (χ0) is 12.8. The largest absolute Gasteiger partial charge is 0.480 e. The van der Waals surface area contributed by atoms with E-state index in [1.54, 1.807) is 13.8 Å². The summed E-state index contributed by atoms with van der Waals surface area (Å²) < 4.78 is 5.17. The molecule has 2 N–H and O–H groups in total. The zero-order valence-electron chi connectivity index (χ0n) is 10.3. The van der Waals surface area contributed by atoms with E-state index >= 15 is 0 Å².